The third-order valence-electron chi connectivity index (χ3n) is 4.26. The maximum Gasteiger partial charge on any atom is 0.251 e. The van der Waals surface area contributed by atoms with E-state index in [4.69, 9.17) is 14.2 Å². The van der Waals surface area contributed by atoms with Crippen molar-refractivity contribution in [1.82, 2.24) is 10.3 Å². The van der Waals surface area contributed by atoms with Crippen LogP contribution in [0, 0.1) is 0 Å². The normalized spacial score (nSPS) is 10.3. The van der Waals surface area contributed by atoms with Gasteiger partial charge in [0.05, 0.1) is 13.7 Å². The monoisotopic (exact) mass is 392 g/mol. The maximum absolute atomic E-state index is 12.5. The van der Waals surface area contributed by atoms with Crippen LogP contribution in [0.5, 0.6) is 17.2 Å². The van der Waals surface area contributed by atoms with Crippen LogP contribution < -0.4 is 19.5 Å². The van der Waals surface area contributed by atoms with Crippen molar-refractivity contribution in [3.63, 3.8) is 0 Å². The van der Waals surface area contributed by atoms with Crippen LogP contribution in [0.1, 0.15) is 28.4 Å². The Morgan fingerprint density at radius 2 is 1.69 bits per heavy atom. The van der Waals surface area contributed by atoms with E-state index < -0.39 is 0 Å². The second-order valence-corrected chi connectivity index (χ2v) is 6.27. The average Bonchev–Trinajstić information content (AvgIpc) is 2.78. The lowest BCUT2D eigenvalue weighted by molar-refractivity contribution is 0.0950. The van der Waals surface area contributed by atoms with Crippen LogP contribution in [0.25, 0.3) is 0 Å². The van der Waals surface area contributed by atoms with E-state index in [9.17, 15) is 4.79 Å². The highest BCUT2D eigenvalue weighted by Gasteiger charge is 2.12. The number of hydrogen-bond acceptors (Lipinski definition) is 5. The molecule has 3 rings (SSSR count). The second-order valence-electron chi connectivity index (χ2n) is 6.27. The summed E-state index contributed by atoms with van der Waals surface area (Å²) in [5.74, 6) is 1.74. The Kier molecular flexibility index (Phi) is 7.05. The van der Waals surface area contributed by atoms with Gasteiger partial charge in [-0.1, -0.05) is 12.1 Å². The number of carbonyl (C=O) groups excluding carboxylic acids is 1. The molecule has 0 unspecified atom stereocenters. The number of amides is 1. The quantitative estimate of drug-likeness (QED) is 0.596. The summed E-state index contributed by atoms with van der Waals surface area (Å²) in [5.41, 5.74) is 2.50. The molecular weight excluding hydrogens is 368 g/mol. The Bertz CT molecular complexity index is 927. The van der Waals surface area contributed by atoms with Gasteiger partial charge in [0.1, 0.15) is 12.4 Å². The van der Waals surface area contributed by atoms with Gasteiger partial charge in [0, 0.05) is 24.5 Å². The summed E-state index contributed by atoms with van der Waals surface area (Å²) in [6.45, 7) is 3.18. The average molecular weight is 392 g/mol. The van der Waals surface area contributed by atoms with Crippen LogP contribution in [0.2, 0.25) is 0 Å². The molecule has 0 atom stereocenters. The molecule has 0 aliphatic heterocycles. The molecule has 0 fully saturated rings. The van der Waals surface area contributed by atoms with E-state index in [-0.39, 0.29) is 5.91 Å². The predicted octanol–water partition coefficient (Wildman–Crippen LogP) is 4.00. The maximum atomic E-state index is 12.5. The molecular formula is C23H24N2O4. The molecule has 0 aliphatic carbocycles. The summed E-state index contributed by atoms with van der Waals surface area (Å²) < 4.78 is 16.7. The Hall–Kier alpha value is -3.54. The molecule has 0 radical (unpaired) electrons. The van der Waals surface area contributed by atoms with Gasteiger partial charge in [-0.15, -0.1) is 0 Å². The smallest absolute Gasteiger partial charge is 0.251 e. The predicted molar refractivity (Wildman–Crippen MR) is 110 cm³/mol. The summed E-state index contributed by atoms with van der Waals surface area (Å²) in [7, 11) is 1.62. The first kappa shape index (κ1) is 20.2. The number of nitrogens with one attached hydrogen (secondary N) is 1. The van der Waals surface area contributed by atoms with Gasteiger partial charge in [0.2, 0.25) is 0 Å². The van der Waals surface area contributed by atoms with Gasteiger partial charge in [-0.3, -0.25) is 9.78 Å². The molecule has 6 heteroatoms. The molecule has 0 bridgehead atoms. The Morgan fingerprint density at radius 3 is 2.38 bits per heavy atom. The molecule has 29 heavy (non-hydrogen) atoms. The first-order chi connectivity index (χ1) is 14.2. The van der Waals surface area contributed by atoms with Crippen molar-refractivity contribution in [1.29, 1.82) is 0 Å². The summed E-state index contributed by atoms with van der Waals surface area (Å²) in [6, 6.07) is 16.5. The van der Waals surface area contributed by atoms with E-state index >= 15 is 0 Å². The van der Waals surface area contributed by atoms with Gasteiger partial charge < -0.3 is 19.5 Å². The SMILES string of the molecule is CCOc1cc(C(=O)NCc2ccc(OC)cc2)ccc1OCc1ccncc1. The van der Waals surface area contributed by atoms with E-state index in [1.54, 1.807) is 37.7 Å². The standard InChI is InChI=1S/C23H24N2O4/c1-3-28-22-14-19(6-9-21(22)29-16-18-10-12-24-13-11-18)23(26)25-15-17-4-7-20(27-2)8-5-17/h4-14H,3,15-16H2,1-2H3,(H,25,26). The molecule has 0 saturated carbocycles. The minimum Gasteiger partial charge on any atom is -0.497 e. The van der Waals surface area contributed by atoms with Crippen LogP contribution in [0.3, 0.4) is 0 Å². The largest absolute Gasteiger partial charge is 0.497 e. The van der Waals surface area contributed by atoms with Crippen LogP contribution in [-0.4, -0.2) is 24.6 Å². The molecule has 1 N–H and O–H groups in total. The van der Waals surface area contributed by atoms with Gasteiger partial charge in [0.15, 0.2) is 11.5 Å². The summed E-state index contributed by atoms with van der Waals surface area (Å²) in [5, 5.41) is 2.92. The molecule has 0 saturated heterocycles. The minimum atomic E-state index is -0.178. The molecule has 0 spiro atoms. The number of methoxy groups -OCH3 is 1. The fraction of sp³-hybridized carbons (Fsp3) is 0.217. The Balaban J connectivity index is 1.65. The van der Waals surface area contributed by atoms with Gasteiger partial charge in [-0.25, -0.2) is 0 Å². The number of nitrogens with zero attached hydrogens (tertiary/aromatic N) is 1. The lowest BCUT2D eigenvalue weighted by Crippen LogP contribution is -2.22. The van der Waals surface area contributed by atoms with Crippen LogP contribution in [-0.2, 0) is 13.2 Å². The lowest BCUT2D eigenvalue weighted by Gasteiger charge is -2.13. The number of rotatable bonds is 9. The van der Waals surface area contributed by atoms with Crippen LogP contribution in [0.4, 0.5) is 0 Å². The molecule has 1 amide bonds. The highest BCUT2D eigenvalue weighted by atomic mass is 16.5. The van der Waals surface area contributed by atoms with Crippen LogP contribution >= 0.6 is 0 Å². The summed E-state index contributed by atoms with van der Waals surface area (Å²) >= 11 is 0. The zero-order valence-electron chi connectivity index (χ0n) is 16.6. The molecule has 150 valence electrons. The first-order valence-corrected chi connectivity index (χ1v) is 9.39. The van der Waals surface area contributed by atoms with Gasteiger partial charge in [-0.2, -0.15) is 0 Å². The van der Waals surface area contributed by atoms with E-state index in [1.807, 2.05) is 43.3 Å². The van der Waals surface area contributed by atoms with E-state index in [2.05, 4.69) is 10.3 Å². The first-order valence-electron chi connectivity index (χ1n) is 9.39. The molecule has 1 aromatic heterocycles. The fourth-order valence-corrected chi connectivity index (χ4v) is 2.70. The third kappa shape index (κ3) is 5.72. The summed E-state index contributed by atoms with van der Waals surface area (Å²) in [4.78, 5) is 16.5. The van der Waals surface area contributed by atoms with Gasteiger partial charge in [-0.05, 0) is 60.5 Å². The molecule has 2 aromatic carbocycles. The topological polar surface area (TPSA) is 69.7 Å². The van der Waals surface area contributed by atoms with Gasteiger partial charge >= 0.3 is 0 Å². The lowest BCUT2D eigenvalue weighted by atomic mass is 10.1. The van der Waals surface area contributed by atoms with E-state index in [0.29, 0.717) is 36.8 Å². The molecule has 3 aromatic rings. The van der Waals surface area contributed by atoms with Crippen molar-refractivity contribution < 1.29 is 19.0 Å². The number of benzene rings is 2. The van der Waals surface area contributed by atoms with Crippen molar-refractivity contribution in [2.24, 2.45) is 0 Å². The second kappa shape index (κ2) is 10.1. The number of pyridine rings is 1. The minimum absolute atomic E-state index is 0.178. The third-order valence-corrected chi connectivity index (χ3v) is 4.26. The van der Waals surface area contributed by atoms with Crippen molar-refractivity contribution in [2.45, 2.75) is 20.1 Å². The van der Waals surface area contributed by atoms with Crippen molar-refractivity contribution >= 4 is 5.91 Å². The van der Waals surface area contributed by atoms with Crippen molar-refractivity contribution in [3.8, 4) is 17.2 Å². The van der Waals surface area contributed by atoms with Crippen molar-refractivity contribution in [2.75, 3.05) is 13.7 Å². The molecule has 6 nitrogen and oxygen atoms in total. The van der Waals surface area contributed by atoms with E-state index in [1.165, 1.54) is 0 Å². The zero-order chi connectivity index (χ0) is 20.5. The fourth-order valence-electron chi connectivity index (χ4n) is 2.70. The zero-order valence-corrected chi connectivity index (χ0v) is 16.6. The number of carbonyl (C=O) groups is 1. The van der Waals surface area contributed by atoms with Crippen LogP contribution in [0.15, 0.2) is 67.0 Å². The number of ether oxygens (including phenoxy) is 3. The number of hydrogen-bond donors (Lipinski definition) is 1. The Labute approximate surface area is 170 Å². The molecule has 0 aliphatic rings. The highest BCUT2D eigenvalue weighted by Crippen LogP contribution is 2.29. The van der Waals surface area contributed by atoms with Gasteiger partial charge in [0.25, 0.3) is 5.91 Å². The molecule has 1 heterocycles. The summed E-state index contributed by atoms with van der Waals surface area (Å²) in [6.07, 6.45) is 3.44. The Morgan fingerprint density at radius 1 is 0.931 bits per heavy atom. The van der Waals surface area contributed by atoms with E-state index in [0.717, 1.165) is 16.9 Å². The number of aromatic nitrogens is 1. The highest BCUT2D eigenvalue weighted by molar-refractivity contribution is 5.94. The van der Waals surface area contributed by atoms with Crippen molar-refractivity contribution in [3.05, 3.63) is 83.7 Å².